The van der Waals surface area contributed by atoms with E-state index in [1.807, 2.05) is 60.7 Å². The third kappa shape index (κ3) is 4.42. The molecule has 0 heterocycles. The monoisotopic (exact) mass is 293 g/mol. The first kappa shape index (κ1) is 15.2. The summed E-state index contributed by atoms with van der Waals surface area (Å²) >= 11 is 0. The summed E-state index contributed by atoms with van der Waals surface area (Å²) in [5.74, 6) is -2.08. The number of amides is 1. The zero-order valence-electron chi connectivity index (χ0n) is 11.6. The predicted octanol–water partition coefficient (Wildman–Crippen LogP) is 0.861. The molecule has 0 fully saturated rings. The summed E-state index contributed by atoms with van der Waals surface area (Å²) in [5.41, 5.74) is 4.55. The van der Waals surface area contributed by atoms with E-state index in [4.69, 9.17) is 0 Å². The maximum absolute atomic E-state index is 11.5. The molecular weight excluding hydrogens is 280 g/mol. The van der Waals surface area contributed by atoms with Crippen LogP contribution < -0.4 is 10.5 Å². The third-order valence-electron chi connectivity index (χ3n) is 2.74. The molecule has 0 saturated heterocycles. The number of aliphatic carboxylic acids is 1. The largest absolute Gasteiger partial charge is 0.545 e. The van der Waals surface area contributed by atoms with Gasteiger partial charge in [-0.2, -0.15) is 5.10 Å². The normalized spacial score (nSPS) is 10.2. The van der Waals surface area contributed by atoms with E-state index in [0.29, 0.717) is 11.8 Å². The lowest BCUT2D eigenvalue weighted by Gasteiger charge is -2.07. The second-order valence-corrected chi connectivity index (χ2v) is 4.32. The zero-order chi connectivity index (χ0) is 15.8. The highest BCUT2D eigenvalue weighted by molar-refractivity contribution is 6.13. The highest BCUT2D eigenvalue weighted by Gasteiger charge is 2.06. The van der Waals surface area contributed by atoms with Crippen molar-refractivity contribution in [3.05, 3.63) is 83.9 Å². The van der Waals surface area contributed by atoms with E-state index in [9.17, 15) is 14.7 Å². The molecule has 2 rings (SSSR count). The van der Waals surface area contributed by atoms with Gasteiger partial charge in [0.2, 0.25) is 0 Å². The number of rotatable bonds is 5. The maximum Gasteiger partial charge on any atom is 0.264 e. The van der Waals surface area contributed by atoms with E-state index in [1.54, 1.807) is 0 Å². The second kappa shape index (κ2) is 7.54. The Labute approximate surface area is 127 Å². The molecule has 22 heavy (non-hydrogen) atoms. The van der Waals surface area contributed by atoms with Crippen molar-refractivity contribution >= 4 is 17.6 Å². The summed E-state index contributed by atoms with van der Waals surface area (Å²) in [6, 6.07) is 18.7. The summed E-state index contributed by atoms with van der Waals surface area (Å²) in [6.45, 7) is 0. The summed E-state index contributed by atoms with van der Waals surface area (Å²) in [6.07, 6.45) is 1.50. The van der Waals surface area contributed by atoms with Crippen LogP contribution >= 0.6 is 0 Å². The Morgan fingerprint density at radius 2 is 1.36 bits per heavy atom. The van der Waals surface area contributed by atoms with Gasteiger partial charge in [-0.3, -0.25) is 4.79 Å². The van der Waals surface area contributed by atoms with Gasteiger partial charge in [0.25, 0.3) is 5.91 Å². The Hall–Kier alpha value is -3.21. The molecule has 5 heteroatoms. The van der Waals surface area contributed by atoms with Crippen molar-refractivity contribution in [1.82, 2.24) is 5.43 Å². The predicted molar refractivity (Wildman–Crippen MR) is 80.8 cm³/mol. The first-order chi connectivity index (χ1) is 10.7. The fourth-order valence-corrected chi connectivity index (χ4v) is 1.78. The first-order valence-electron chi connectivity index (χ1n) is 6.54. The van der Waals surface area contributed by atoms with Crippen LogP contribution in [-0.2, 0) is 9.59 Å². The molecule has 0 aromatic heterocycles. The van der Waals surface area contributed by atoms with Crippen molar-refractivity contribution in [1.29, 1.82) is 0 Å². The first-order valence-corrected chi connectivity index (χ1v) is 6.54. The number of hydrogen-bond donors (Lipinski definition) is 1. The van der Waals surface area contributed by atoms with Crippen LogP contribution in [0.3, 0.4) is 0 Å². The van der Waals surface area contributed by atoms with Crippen molar-refractivity contribution in [2.75, 3.05) is 0 Å². The molecule has 0 aliphatic carbocycles. The number of hydrazone groups is 1. The molecule has 1 amide bonds. The number of carbonyl (C=O) groups is 2. The van der Waals surface area contributed by atoms with Crippen LogP contribution in [0.2, 0.25) is 0 Å². The van der Waals surface area contributed by atoms with Crippen molar-refractivity contribution in [3.8, 4) is 0 Å². The maximum atomic E-state index is 11.5. The molecule has 0 spiro atoms. The Morgan fingerprint density at radius 1 is 0.864 bits per heavy atom. The topological polar surface area (TPSA) is 81.6 Å². The SMILES string of the molecule is O=C([O-])C=CC(=O)NN=C(c1ccccc1)c1ccccc1. The summed E-state index contributed by atoms with van der Waals surface area (Å²) in [7, 11) is 0. The average Bonchev–Trinajstić information content (AvgIpc) is 2.55. The molecule has 2 aromatic carbocycles. The Kier molecular flexibility index (Phi) is 5.20. The van der Waals surface area contributed by atoms with Crippen LogP contribution in [0, 0.1) is 0 Å². The third-order valence-corrected chi connectivity index (χ3v) is 2.74. The molecule has 0 atom stereocenters. The van der Waals surface area contributed by atoms with Gasteiger partial charge in [-0.15, -0.1) is 0 Å². The Bertz CT molecular complexity index is 666. The number of benzene rings is 2. The quantitative estimate of drug-likeness (QED) is 0.504. The van der Waals surface area contributed by atoms with E-state index in [1.165, 1.54) is 0 Å². The van der Waals surface area contributed by atoms with Crippen molar-refractivity contribution in [3.63, 3.8) is 0 Å². The number of nitrogens with one attached hydrogen (secondary N) is 1. The second-order valence-electron chi connectivity index (χ2n) is 4.32. The average molecular weight is 293 g/mol. The lowest BCUT2D eigenvalue weighted by atomic mass is 10.0. The fourth-order valence-electron chi connectivity index (χ4n) is 1.78. The highest BCUT2D eigenvalue weighted by atomic mass is 16.4. The van der Waals surface area contributed by atoms with Gasteiger partial charge >= 0.3 is 0 Å². The number of carboxylic acids is 1. The summed E-state index contributed by atoms with van der Waals surface area (Å²) in [5, 5.41) is 14.4. The molecule has 5 nitrogen and oxygen atoms in total. The lowest BCUT2D eigenvalue weighted by molar-refractivity contribution is -0.297. The Balaban J connectivity index is 2.28. The number of hydrogen-bond acceptors (Lipinski definition) is 4. The van der Waals surface area contributed by atoms with E-state index < -0.39 is 11.9 Å². The van der Waals surface area contributed by atoms with Crippen LogP contribution in [0.15, 0.2) is 77.9 Å². The van der Waals surface area contributed by atoms with Crippen molar-refractivity contribution in [2.45, 2.75) is 0 Å². The summed E-state index contributed by atoms with van der Waals surface area (Å²) in [4.78, 5) is 21.8. The molecule has 2 aromatic rings. The van der Waals surface area contributed by atoms with Crippen LogP contribution in [-0.4, -0.2) is 17.6 Å². The van der Waals surface area contributed by atoms with E-state index in [2.05, 4.69) is 10.5 Å². The zero-order valence-corrected chi connectivity index (χ0v) is 11.6. The fraction of sp³-hybridized carbons (Fsp3) is 0. The van der Waals surface area contributed by atoms with Gasteiger partial charge < -0.3 is 9.90 Å². The number of carboxylic acid groups (broad SMARTS) is 1. The standard InChI is InChI=1S/C17H14N2O3/c20-15(11-12-16(21)22)18-19-17(13-7-3-1-4-8-13)14-9-5-2-6-10-14/h1-12H,(H,18,20)(H,21,22)/p-1. The molecule has 0 unspecified atom stereocenters. The molecule has 110 valence electrons. The van der Waals surface area contributed by atoms with Crippen LogP contribution in [0.25, 0.3) is 0 Å². The van der Waals surface area contributed by atoms with Crippen molar-refractivity contribution < 1.29 is 14.7 Å². The van der Waals surface area contributed by atoms with Crippen molar-refractivity contribution in [2.24, 2.45) is 5.10 Å². The lowest BCUT2D eigenvalue weighted by Crippen LogP contribution is -2.22. The van der Waals surface area contributed by atoms with Gasteiger partial charge in [-0.25, -0.2) is 5.43 Å². The van der Waals surface area contributed by atoms with Crippen LogP contribution in [0.4, 0.5) is 0 Å². The van der Waals surface area contributed by atoms with E-state index in [-0.39, 0.29) is 0 Å². The van der Waals surface area contributed by atoms with Gasteiger partial charge in [0, 0.05) is 17.2 Å². The molecular formula is C17H13N2O3-. The van der Waals surface area contributed by atoms with Gasteiger partial charge in [-0.05, 0) is 6.08 Å². The highest BCUT2D eigenvalue weighted by Crippen LogP contribution is 2.10. The van der Waals surface area contributed by atoms with E-state index in [0.717, 1.165) is 17.2 Å². The molecule has 0 aliphatic rings. The van der Waals surface area contributed by atoms with Gasteiger partial charge in [-0.1, -0.05) is 60.7 Å². The smallest absolute Gasteiger partial charge is 0.264 e. The van der Waals surface area contributed by atoms with Gasteiger partial charge in [0.1, 0.15) is 0 Å². The molecule has 0 saturated carbocycles. The van der Waals surface area contributed by atoms with Gasteiger partial charge in [0.05, 0.1) is 11.7 Å². The molecule has 0 radical (unpaired) electrons. The molecule has 1 N–H and O–H groups in total. The number of nitrogens with zero attached hydrogens (tertiary/aromatic N) is 1. The number of carbonyl (C=O) groups excluding carboxylic acids is 2. The van der Waals surface area contributed by atoms with Crippen LogP contribution in [0.5, 0.6) is 0 Å². The summed E-state index contributed by atoms with van der Waals surface area (Å²) < 4.78 is 0. The molecule has 0 aliphatic heterocycles. The van der Waals surface area contributed by atoms with E-state index >= 15 is 0 Å². The minimum Gasteiger partial charge on any atom is -0.545 e. The van der Waals surface area contributed by atoms with Crippen LogP contribution in [0.1, 0.15) is 11.1 Å². The molecule has 0 bridgehead atoms. The Morgan fingerprint density at radius 3 is 1.82 bits per heavy atom. The van der Waals surface area contributed by atoms with Gasteiger partial charge in [0.15, 0.2) is 0 Å². The minimum atomic E-state index is -1.44. The minimum absolute atomic E-state index is 0.580.